The third-order valence-corrected chi connectivity index (χ3v) is 8.39. The van der Waals surface area contributed by atoms with Gasteiger partial charge in [-0.25, -0.2) is 0 Å². The fourth-order valence-electron chi connectivity index (χ4n) is 5.97. The summed E-state index contributed by atoms with van der Waals surface area (Å²) in [5.74, 6) is -1.14. The molecule has 2 aliphatic heterocycles. The number of morpholine rings is 1. The Kier molecular flexibility index (Phi) is 19.7. The van der Waals surface area contributed by atoms with Crippen LogP contribution in [0, 0.1) is 22.7 Å². The van der Waals surface area contributed by atoms with Gasteiger partial charge in [0.1, 0.15) is 11.6 Å². The topological polar surface area (TPSA) is 179 Å². The van der Waals surface area contributed by atoms with E-state index in [4.69, 9.17) is 28.4 Å². The molecule has 51 heavy (non-hydrogen) atoms. The Balaban J connectivity index is 1.35. The lowest BCUT2D eigenvalue weighted by atomic mass is 9.85. The van der Waals surface area contributed by atoms with Gasteiger partial charge in [0.15, 0.2) is 0 Å². The highest BCUT2D eigenvalue weighted by molar-refractivity contribution is 5.97. The molecule has 0 saturated carbocycles. The summed E-state index contributed by atoms with van der Waals surface area (Å²) in [6.07, 6.45) is 4.80. The second kappa shape index (κ2) is 23.9. The van der Waals surface area contributed by atoms with E-state index >= 15 is 0 Å². The number of likely N-dealkylation sites (tertiary alicyclic amines) is 1. The standard InChI is InChI=1S/C35H57N7O9/c1-35(2,27-41-8-12-48-13-9-41)23-31(24-36)34(45)42-25-29(32-4-7-40(3)39-32)22-30(26-42)33(44)38-6-11-47-15-17-50-19-21-51-20-18-49-16-14-46-10-5-37-28-43/h4,7,23,28-30H,5-6,8-22,25-27H2,1-3H3,(H,37,43)(H,38,44)/b31-23+. The van der Waals surface area contributed by atoms with Crippen LogP contribution in [0.25, 0.3) is 0 Å². The second-order valence-corrected chi connectivity index (χ2v) is 13.2. The summed E-state index contributed by atoms with van der Waals surface area (Å²) in [5.41, 5.74) is 0.492. The molecule has 2 unspecified atom stereocenters. The van der Waals surface area contributed by atoms with Crippen LogP contribution in [0.2, 0.25) is 0 Å². The molecule has 1 aromatic heterocycles. The van der Waals surface area contributed by atoms with Gasteiger partial charge in [-0.1, -0.05) is 19.9 Å². The van der Waals surface area contributed by atoms with Gasteiger partial charge in [-0.15, -0.1) is 0 Å². The van der Waals surface area contributed by atoms with Crippen LogP contribution in [0.1, 0.15) is 31.9 Å². The molecule has 2 fully saturated rings. The van der Waals surface area contributed by atoms with Gasteiger partial charge >= 0.3 is 0 Å². The van der Waals surface area contributed by atoms with E-state index in [0.717, 1.165) is 18.8 Å². The smallest absolute Gasteiger partial charge is 0.264 e. The molecule has 2 aliphatic rings. The molecule has 0 aromatic carbocycles. The molecule has 286 valence electrons. The summed E-state index contributed by atoms with van der Waals surface area (Å²) < 4.78 is 34.5. The zero-order valence-electron chi connectivity index (χ0n) is 30.5. The number of nitriles is 1. The number of aryl methyl sites for hydroxylation is 1. The number of amides is 3. The van der Waals surface area contributed by atoms with Crippen LogP contribution in [0.4, 0.5) is 0 Å². The Bertz CT molecular complexity index is 1250. The molecule has 0 spiro atoms. The SMILES string of the molecule is Cn1ccc(C2CC(C(=O)NCCOCCOCCOCCOCCOCCNC=O)CN(C(=O)/C(C#N)=C/C(C)(C)CN3CCOCC3)C2)n1. The predicted molar refractivity (Wildman–Crippen MR) is 187 cm³/mol. The lowest BCUT2D eigenvalue weighted by Gasteiger charge is -2.37. The fourth-order valence-corrected chi connectivity index (χ4v) is 5.97. The summed E-state index contributed by atoms with van der Waals surface area (Å²) in [7, 11) is 1.84. The van der Waals surface area contributed by atoms with Crippen LogP contribution in [0.5, 0.6) is 0 Å². The molecule has 0 radical (unpaired) electrons. The van der Waals surface area contributed by atoms with Crippen molar-refractivity contribution in [3.8, 4) is 6.07 Å². The van der Waals surface area contributed by atoms with Gasteiger partial charge < -0.3 is 44.0 Å². The second-order valence-electron chi connectivity index (χ2n) is 13.2. The summed E-state index contributed by atoms with van der Waals surface area (Å²) in [4.78, 5) is 41.1. The summed E-state index contributed by atoms with van der Waals surface area (Å²) in [5, 5.41) is 20.1. The lowest BCUT2D eigenvalue weighted by molar-refractivity contribution is -0.133. The number of hydrogen-bond acceptors (Lipinski definition) is 12. The quantitative estimate of drug-likeness (QED) is 0.0604. The monoisotopic (exact) mass is 719 g/mol. The molecule has 2 N–H and O–H groups in total. The van der Waals surface area contributed by atoms with Crippen LogP contribution < -0.4 is 10.6 Å². The molecule has 0 aliphatic carbocycles. The number of nitrogens with zero attached hydrogens (tertiary/aromatic N) is 5. The highest BCUT2D eigenvalue weighted by atomic mass is 16.6. The number of ether oxygens (including phenoxy) is 6. The fraction of sp³-hybridized carbons (Fsp3) is 0.743. The van der Waals surface area contributed by atoms with E-state index in [1.807, 2.05) is 33.2 Å². The van der Waals surface area contributed by atoms with Gasteiger partial charge in [0.05, 0.1) is 90.9 Å². The lowest BCUT2D eigenvalue weighted by Crippen LogP contribution is -2.49. The molecule has 1 aromatic rings. The van der Waals surface area contributed by atoms with Crippen LogP contribution in [-0.4, -0.2) is 163 Å². The molecule has 16 nitrogen and oxygen atoms in total. The molecule has 3 amide bonds. The van der Waals surface area contributed by atoms with E-state index in [9.17, 15) is 19.6 Å². The number of carbonyl (C=O) groups excluding carboxylic acids is 3. The Morgan fingerprint density at radius 1 is 0.961 bits per heavy atom. The first-order chi connectivity index (χ1) is 24.7. The third kappa shape index (κ3) is 16.6. The van der Waals surface area contributed by atoms with Crippen molar-refractivity contribution < 1.29 is 42.8 Å². The van der Waals surface area contributed by atoms with Crippen molar-refractivity contribution in [2.24, 2.45) is 18.4 Å². The summed E-state index contributed by atoms with van der Waals surface area (Å²) in [6.45, 7) is 13.4. The van der Waals surface area contributed by atoms with Crippen molar-refractivity contribution in [1.82, 2.24) is 30.2 Å². The number of nitrogens with one attached hydrogen (secondary N) is 2. The van der Waals surface area contributed by atoms with E-state index in [-0.39, 0.29) is 29.9 Å². The van der Waals surface area contributed by atoms with Gasteiger partial charge in [0, 0.05) is 65.0 Å². The number of hydrogen-bond donors (Lipinski definition) is 2. The van der Waals surface area contributed by atoms with Crippen molar-refractivity contribution in [3.63, 3.8) is 0 Å². The molecule has 2 saturated heterocycles. The first kappa shape index (κ1) is 42.0. The molecular formula is C35H57N7O9. The average molecular weight is 720 g/mol. The van der Waals surface area contributed by atoms with E-state index < -0.39 is 11.3 Å². The highest BCUT2D eigenvalue weighted by Crippen LogP contribution is 2.31. The molecule has 3 rings (SSSR count). The molecule has 16 heteroatoms. The molecular weight excluding hydrogens is 662 g/mol. The van der Waals surface area contributed by atoms with Gasteiger partial charge in [-0.3, -0.25) is 24.0 Å². The predicted octanol–water partition coefficient (Wildman–Crippen LogP) is 0.106. The van der Waals surface area contributed by atoms with Gasteiger partial charge in [0.25, 0.3) is 5.91 Å². The average Bonchev–Trinajstić information content (AvgIpc) is 3.57. The Morgan fingerprint density at radius 2 is 1.55 bits per heavy atom. The summed E-state index contributed by atoms with van der Waals surface area (Å²) >= 11 is 0. The molecule has 3 heterocycles. The molecule has 2 atom stereocenters. The largest absolute Gasteiger partial charge is 0.379 e. The van der Waals surface area contributed by atoms with Crippen LogP contribution >= 0.6 is 0 Å². The van der Waals surface area contributed by atoms with Crippen LogP contribution in [-0.2, 0) is 49.9 Å². The first-order valence-electron chi connectivity index (χ1n) is 17.8. The minimum atomic E-state index is -0.463. The van der Waals surface area contributed by atoms with E-state index in [0.29, 0.717) is 118 Å². The zero-order valence-corrected chi connectivity index (χ0v) is 30.5. The first-order valence-corrected chi connectivity index (χ1v) is 17.8. The third-order valence-electron chi connectivity index (χ3n) is 8.39. The van der Waals surface area contributed by atoms with E-state index in [2.05, 4.69) is 26.7 Å². The molecule has 0 bridgehead atoms. The van der Waals surface area contributed by atoms with Crippen LogP contribution in [0.15, 0.2) is 23.9 Å². The van der Waals surface area contributed by atoms with Crippen molar-refractivity contribution in [3.05, 3.63) is 29.6 Å². The Labute approximate surface area is 301 Å². The maximum absolute atomic E-state index is 13.8. The van der Waals surface area contributed by atoms with E-state index in [1.165, 1.54) is 0 Å². The number of piperidine rings is 1. The number of rotatable bonds is 25. The van der Waals surface area contributed by atoms with Crippen molar-refractivity contribution in [1.29, 1.82) is 5.26 Å². The van der Waals surface area contributed by atoms with Crippen LogP contribution in [0.3, 0.4) is 0 Å². The van der Waals surface area contributed by atoms with Gasteiger partial charge in [-0.2, -0.15) is 10.4 Å². The van der Waals surface area contributed by atoms with E-state index in [1.54, 1.807) is 15.7 Å². The Morgan fingerprint density at radius 3 is 2.10 bits per heavy atom. The maximum atomic E-state index is 13.8. The normalized spacial score (nSPS) is 18.7. The minimum Gasteiger partial charge on any atom is -0.379 e. The van der Waals surface area contributed by atoms with Crippen molar-refractivity contribution in [2.45, 2.75) is 26.2 Å². The highest BCUT2D eigenvalue weighted by Gasteiger charge is 2.37. The number of aromatic nitrogens is 2. The zero-order chi connectivity index (χ0) is 36.7. The van der Waals surface area contributed by atoms with Gasteiger partial charge in [-0.05, 0) is 17.9 Å². The number of carbonyl (C=O) groups is 3. The Hall–Kier alpha value is -3.43. The minimum absolute atomic E-state index is 0.0877. The van der Waals surface area contributed by atoms with Crippen molar-refractivity contribution in [2.75, 3.05) is 125 Å². The maximum Gasteiger partial charge on any atom is 0.264 e. The summed E-state index contributed by atoms with van der Waals surface area (Å²) in [6, 6.07) is 4.05. The van der Waals surface area contributed by atoms with Crippen molar-refractivity contribution >= 4 is 18.2 Å². The van der Waals surface area contributed by atoms with Gasteiger partial charge in [0.2, 0.25) is 12.3 Å².